The minimum atomic E-state index is -0.771. The van der Waals surface area contributed by atoms with Gasteiger partial charge in [0.1, 0.15) is 13.2 Å². The lowest BCUT2D eigenvalue weighted by Gasteiger charge is -2.18. The molecule has 0 aromatic heterocycles. The van der Waals surface area contributed by atoms with E-state index in [1.165, 1.54) is 257 Å². The Morgan fingerprint density at radius 2 is 0.500 bits per heavy atom. The van der Waals surface area contributed by atoms with E-state index in [1.807, 2.05) is 0 Å². The number of carbonyl (C=O) groups excluding carboxylic acids is 3. The van der Waals surface area contributed by atoms with E-state index in [0.29, 0.717) is 19.3 Å². The van der Waals surface area contributed by atoms with E-state index in [2.05, 4.69) is 57.2 Å². The van der Waals surface area contributed by atoms with Gasteiger partial charge >= 0.3 is 17.9 Å². The zero-order valence-electron chi connectivity index (χ0n) is 51.3. The van der Waals surface area contributed by atoms with Crippen molar-refractivity contribution in [3.63, 3.8) is 0 Å². The van der Waals surface area contributed by atoms with Crippen LogP contribution in [0.15, 0.2) is 36.5 Å². The van der Waals surface area contributed by atoms with Gasteiger partial charge in [-0.25, -0.2) is 0 Å². The van der Waals surface area contributed by atoms with Crippen molar-refractivity contribution >= 4 is 17.9 Å². The summed E-state index contributed by atoms with van der Waals surface area (Å²) in [6, 6.07) is 0. The fourth-order valence-corrected chi connectivity index (χ4v) is 10.2. The molecule has 0 radical (unpaired) electrons. The Kier molecular flexibility index (Phi) is 63.1. The van der Waals surface area contributed by atoms with Gasteiger partial charge in [-0.05, 0) is 70.6 Å². The first-order chi connectivity index (χ1) is 37.5. The molecule has 0 aliphatic carbocycles. The Morgan fingerprint density at radius 3 is 0.789 bits per heavy atom. The molecular weight excluding hydrogens is 937 g/mol. The van der Waals surface area contributed by atoms with E-state index in [0.717, 1.165) is 77.0 Å². The monoisotopic (exact) mass is 1070 g/mol. The van der Waals surface area contributed by atoms with Crippen molar-refractivity contribution in [2.75, 3.05) is 13.2 Å². The second-order valence-electron chi connectivity index (χ2n) is 23.1. The van der Waals surface area contributed by atoms with E-state index < -0.39 is 6.10 Å². The summed E-state index contributed by atoms with van der Waals surface area (Å²) < 4.78 is 16.9. The zero-order chi connectivity index (χ0) is 55.0. The molecule has 0 spiro atoms. The van der Waals surface area contributed by atoms with Crippen LogP contribution in [0.4, 0.5) is 0 Å². The molecule has 6 nitrogen and oxygen atoms in total. The van der Waals surface area contributed by atoms with Crippen LogP contribution in [0.5, 0.6) is 0 Å². The fourth-order valence-electron chi connectivity index (χ4n) is 10.2. The normalized spacial score (nSPS) is 12.2. The van der Waals surface area contributed by atoms with Gasteiger partial charge in [-0.2, -0.15) is 0 Å². The van der Waals surface area contributed by atoms with Crippen LogP contribution in [0, 0.1) is 0 Å². The highest BCUT2D eigenvalue weighted by Crippen LogP contribution is 2.18. The van der Waals surface area contributed by atoms with Gasteiger partial charge in [0.25, 0.3) is 0 Å². The van der Waals surface area contributed by atoms with Gasteiger partial charge < -0.3 is 14.2 Å². The second kappa shape index (κ2) is 65.2. The average Bonchev–Trinajstić information content (AvgIpc) is 3.42. The van der Waals surface area contributed by atoms with Crippen LogP contribution in [0.2, 0.25) is 0 Å². The van der Waals surface area contributed by atoms with Crippen molar-refractivity contribution < 1.29 is 28.6 Å². The van der Waals surface area contributed by atoms with E-state index in [4.69, 9.17) is 14.2 Å². The SMILES string of the molecule is CCC/C=C\CCCCCCCC(=O)OCC(COC(=O)CCCCCCCCCCCCCCCCCCC/C=C\C/C=C\CCCCCCC)OC(=O)CCCCCCCCCCCCCCCCCCCCC. The highest BCUT2D eigenvalue weighted by atomic mass is 16.6. The minimum absolute atomic E-state index is 0.0694. The highest BCUT2D eigenvalue weighted by molar-refractivity contribution is 5.71. The van der Waals surface area contributed by atoms with E-state index in [-0.39, 0.29) is 31.1 Å². The molecule has 0 heterocycles. The van der Waals surface area contributed by atoms with Crippen molar-refractivity contribution in [3.8, 4) is 0 Å². The van der Waals surface area contributed by atoms with Crippen LogP contribution in [-0.2, 0) is 28.6 Å². The first-order valence-electron chi connectivity index (χ1n) is 34.0. The first-order valence-corrected chi connectivity index (χ1v) is 34.0. The minimum Gasteiger partial charge on any atom is -0.462 e. The van der Waals surface area contributed by atoms with Crippen molar-refractivity contribution in [2.24, 2.45) is 0 Å². The molecule has 446 valence electrons. The number of hydrogen-bond acceptors (Lipinski definition) is 6. The molecule has 0 saturated carbocycles. The predicted molar refractivity (Wildman–Crippen MR) is 330 cm³/mol. The summed E-state index contributed by atoms with van der Waals surface area (Å²) in [5.74, 6) is -0.855. The zero-order valence-corrected chi connectivity index (χ0v) is 51.3. The van der Waals surface area contributed by atoms with Gasteiger partial charge in [0.05, 0.1) is 0 Å². The quantitative estimate of drug-likeness (QED) is 0.0261. The molecule has 0 rings (SSSR count). The van der Waals surface area contributed by atoms with Crippen LogP contribution < -0.4 is 0 Å². The van der Waals surface area contributed by atoms with Crippen LogP contribution in [0.25, 0.3) is 0 Å². The van der Waals surface area contributed by atoms with E-state index in [9.17, 15) is 14.4 Å². The molecule has 0 amide bonds. The molecule has 0 aliphatic rings. The lowest BCUT2D eigenvalue weighted by Crippen LogP contribution is -2.30. The summed E-state index contributed by atoms with van der Waals surface area (Å²) >= 11 is 0. The molecule has 0 saturated heterocycles. The molecule has 0 aromatic carbocycles. The van der Waals surface area contributed by atoms with Crippen molar-refractivity contribution in [1.29, 1.82) is 0 Å². The average molecular weight is 1070 g/mol. The second-order valence-corrected chi connectivity index (χ2v) is 23.1. The van der Waals surface area contributed by atoms with E-state index >= 15 is 0 Å². The molecule has 0 fully saturated rings. The molecule has 1 unspecified atom stereocenters. The van der Waals surface area contributed by atoms with Gasteiger partial charge in [-0.3, -0.25) is 14.4 Å². The lowest BCUT2D eigenvalue weighted by molar-refractivity contribution is -0.167. The number of unbranched alkanes of at least 4 members (excludes halogenated alkanes) is 46. The maximum Gasteiger partial charge on any atom is 0.306 e. The molecule has 76 heavy (non-hydrogen) atoms. The van der Waals surface area contributed by atoms with Crippen molar-refractivity contribution in [3.05, 3.63) is 36.5 Å². The molecule has 1 atom stereocenters. The van der Waals surface area contributed by atoms with Crippen LogP contribution in [0.1, 0.15) is 374 Å². The lowest BCUT2D eigenvalue weighted by atomic mass is 10.0. The smallest absolute Gasteiger partial charge is 0.306 e. The molecule has 0 aromatic rings. The van der Waals surface area contributed by atoms with Crippen LogP contribution >= 0.6 is 0 Å². The fraction of sp³-hybridized carbons (Fsp3) is 0.871. The third-order valence-corrected chi connectivity index (χ3v) is 15.3. The summed E-state index contributed by atoms with van der Waals surface area (Å²) in [6.07, 6.45) is 80.4. The van der Waals surface area contributed by atoms with Gasteiger partial charge in [0.2, 0.25) is 0 Å². The van der Waals surface area contributed by atoms with Gasteiger partial charge in [-0.1, -0.05) is 320 Å². The Hall–Kier alpha value is -2.37. The highest BCUT2D eigenvalue weighted by Gasteiger charge is 2.19. The third kappa shape index (κ3) is 62.5. The number of carbonyl (C=O) groups is 3. The molecule has 6 heteroatoms. The molecule has 0 N–H and O–H groups in total. The van der Waals surface area contributed by atoms with Crippen molar-refractivity contribution in [2.45, 2.75) is 380 Å². The number of esters is 3. The number of rotatable bonds is 63. The summed E-state index contributed by atoms with van der Waals surface area (Å²) in [4.78, 5) is 38.2. The largest absolute Gasteiger partial charge is 0.462 e. The summed E-state index contributed by atoms with van der Waals surface area (Å²) in [5.41, 5.74) is 0. The number of hydrogen-bond donors (Lipinski definition) is 0. The third-order valence-electron chi connectivity index (χ3n) is 15.3. The van der Waals surface area contributed by atoms with Gasteiger partial charge in [0.15, 0.2) is 6.10 Å². The topological polar surface area (TPSA) is 78.9 Å². The maximum absolute atomic E-state index is 12.9. The van der Waals surface area contributed by atoms with Crippen LogP contribution in [-0.4, -0.2) is 37.2 Å². The number of allylic oxidation sites excluding steroid dienone is 6. The summed E-state index contributed by atoms with van der Waals surface area (Å²) in [6.45, 7) is 6.63. The Bertz CT molecular complexity index is 1270. The molecule has 0 bridgehead atoms. The molecule has 0 aliphatic heterocycles. The van der Waals surface area contributed by atoms with Gasteiger partial charge in [-0.15, -0.1) is 0 Å². The first kappa shape index (κ1) is 73.6. The Labute approximate surface area is 474 Å². The molecular formula is C70H130O6. The van der Waals surface area contributed by atoms with E-state index in [1.54, 1.807) is 0 Å². The predicted octanol–water partition coefficient (Wildman–Crippen LogP) is 23.2. The van der Waals surface area contributed by atoms with Crippen LogP contribution in [0.3, 0.4) is 0 Å². The van der Waals surface area contributed by atoms with Crippen molar-refractivity contribution in [1.82, 2.24) is 0 Å². The van der Waals surface area contributed by atoms with Gasteiger partial charge in [0, 0.05) is 19.3 Å². The summed E-state index contributed by atoms with van der Waals surface area (Å²) in [7, 11) is 0. The Morgan fingerprint density at radius 1 is 0.263 bits per heavy atom. The standard InChI is InChI=1S/C70H130O6/c1-4-7-10-13-16-19-22-24-26-28-30-31-32-33-34-35-36-37-38-39-41-42-44-46-48-51-54-57-60-63-69(72)75-66-67(65-74-68(71)62-59-56-53-50-21-18-15-12-9-6-3)76-70(73)64-61-58-55-52-49-47-45-43-40-29-27-25-23-20-17-14-11-8-5-2/h12,15,22,24,28,30,67H,4-11,13-14,16-21,23,25-27,29,31-66H2,1-3H3/b15-12-,24-22-,30-28-. The summed E-state index contributed by atoms with van der Waals surface area (Å²) in [5, 5.41) is 0. The number of ether oxygens (including phenoxy) is 3. The Balaban J connectivity index is 4.12. The maximum atomic E-state index is 12.9.